The van der Waals surface area contributed by atoms with Crippen LogP contribution in [0.25, 0.3) is 0 Å². The average molecular weight is 124 g/mol. The summed E-state index contributed by atoms with van der Waals surface area (Å²) in [7, 11) is 0. The van der Waals surface area contributed by atoms with E-state index in [4.69, 9.17) is 0 Å². The summed E-state index contributed by atoms with van der Waals surface area (Å²) >= 11 is 0. The molecule has 0 saturated heterocycles. The molecule has 0 radical (unpaired) electrons. The first-order chi connectivity index (χ1) is 4.50. The molecule has 0 aromatic rings. The molecule has 0 saturated carbocycles. The van der Waals surface area contributed by atoms with Crippen molar-refractivity contribution in [2.24, 2.45) is 0 Å². The van der Waals surface area contributed by atoms with Gasteiger partial charge in [0.15, 0.2) is 0 Å². The van der Waals surface area contributed by atoms with E-state index in [1.807, 2.05) is 0 Å². The van der Waals surface area contributed by atoms with Crippen LogP contribution in [0.3, 0.4) is 0 Å². The van der Waals surface area contributed by atoms with Gasteiger partial charge < -0.3 is 5.32 Å². The van der Waals surface area contributed by atoms with Crippen molar-refractivity contribution >= 4 is 0 Å². The Hall–Kier alpha value is -0.680. The normalized spacial score (nSPS) is 19.6. The summed E-state index contributed by atoms with van der Waals surface area (Å²) in [6.07, 6.45) is 3.51. The summed E-state index contributed by atoms with van der Waals surface area (Å²) in [5.41, 5.74) is 0. The van der Waals surface area contributed by atoms with E-state index in [0.29, 0.717) is 0 Å². The zero-order chi connectivity index (χ0) is 6.36. The van der Waals surface area contributed by atoms with E-state index >= 15 is 0 Å². The van der Waals surface area contributed by atoms with Crippen molar-refractivity contribution in [2.75, 3.05) is 13.2 Å². The van der Waals surface area contributed by atoms with Crippen LogP contribution in [0.15, 0.2) is 0 Å². The first-order valence-electron chi connectivity index (χ1n) is 3.41. The van der Waals surface area contributed by atoms with Gasteiger partial charge in [0, 0.05) is 12.5 Å². The number of nitrogens with one attached hydrogen (secondary N) is 2. The molecule has 0 atom stereocenters. The molecule has 0 aromatic carbocycles. The van der Waals surface area contributed by atoms with Crippen LogP contribution in [0.2, 0.25) is 0 Å². The van der Waals surface area contributed by atoms with Crippen molar-refractivity contribution in [1.29, 1.82) is 0 Å². The zero-order valence-corrected chi connectivity index (χ0v) is 5.54. The highest BCUT2D eigenvalue weighted by atomic mass is 15.0. The van der Waals surface area contributed by atoms with Crippen LogP contribution < -0.4 is 10.6 Å². The molecule has 2 heteroatoms. The fourth-order valence-electron chi connectivity index (χ4n) is 0.783. The Bertz CT molecular complexity index is 109. The molecule has 0 spiro atoms. The SMILES string of the molecule is C1#CNCNCCCC1. The van der Waals surface area contributed by atoms with Gasteiger partial charge in [0.05, 0.1) is 6.67 Å². The number of rotatable bonds is 0. The molecule has 2 nitrogen and oxygen atoms in total. The molecule has 2 N–H and O–H groups in total. The summed E-state index contributed by atoms with van der Waals surface area (Å²) in [4.78, 5) is 0. The molecule has 1 aliphatic rings. The predicted octanol–water partition coefficient (Wildman–Crippen LogP) is 0.268. The van der Waals surface area contributed by atoms with Crippen molar-refractivity contribution in [1.82, 2.24) is 10.6 Å². The monoisotopic (exact) mass is 124 g/mol. The van der Waals surface area contributed by atoms with Crippen molar-refractivity contribution in [3.63, 3.8) is 0 Å². The van der Waals surface area contributed by atoms with Gasteiger partial charge in [0.25, 0.3) is 0 Å². The van der Waals surface area contributed by atoms with Crippen molar-refractivity contribution in [2.45, 2.75) is 19.3 Å². The van der Waals surface area contributed by atoms with E-state index in [2.05, 4.69) is 22.6 Å². The van der Waals surface area contributed by atoms with Gasteiger partial charge in [-0.05, 0) is 19.4 Å². The van der Waals surface area contributed by atoms with Gasteiger partial charge in [-0.15, -0.1) is 0 Å². The predicted molar refractivity (Wildman–Crippen MR) is 37.6 cm³/mol. The lowest BCUT2D eigenvalue weighted by molar-refractivity contribution is 0.619. The average Bonchev–Trinajstić information content (AvgIpc) is 2.00. The van der Waals surface area contributed by atoms with Crippen LogP contribution >= 0.6 is 0 Å². The smallest absolute Gasteiger partial charge is 0.0729 e. The van der Waals surface area contributed by atoms with E-state index < -0.39 is 0 Å². The van der Waals surface area contributed by atoms with E-state index in [9.17, 15) is 0 Å². The van der Waals surface area contributed by atoms with E-state index in [-0.39, 0.29) is 0 Å². The summed E-state index contributed by atoms with van der Waals surface area (Å²) in [5, 5.41) is 6.17. The van der Waals surface area contributed by atoms with Crippen LogP contribution in [0.4, 0.5) is 0 Å². The molecule has 50 valence electrons. The second-order valence-corrected chi connectivity index (χ2v) is 2.11. The van der Waals surface area contributed by atoms with Crippen LogP contribution in [0, 0.1) is 12.0 Å². The highest BCUT2D eigenvalue weighted by Crippen LogP contribution is 1.91. The molecule has 1 rings (SSSR count). The Labute approximate surface area is 56.0 Å². The highest BCUT2D eigenvalue weighted by Gasteiger charge is 1.87. The third-order valence-corrected chi connectivity index (χ3v) is 1.30. The van der Waals surface area contributed by atoms with Gasteiger partial charge in [0.2, 0.25) is 0 Å². The van der Waals surface area contributed by atoms with Crippen LogP contribution in [0.5, 0.6) is 0 Å². The molecule has 0 bridgehead atoms. The van der Waals surface area contributed by atoms with E-state index in [1.165, 1.54) is 12.8 Å². The molecule has 0 aliphatic carbocycles. The minimum absolute atomic E-state index is 0.826. The van der Waals surface area contributed by atoms with Crippen LogP contribution in [-0.4, -0.2) is 13.2 Å². The lowest BCUT2D eigenvalue weighted by Gasteiger charge is -1.98. The van der Waals surface area contributed by atoms with Gasteiger partial charge in [-0.3, -0.25) is 5.32 Å². The largest absolute Gasteiger partial charge is 0.333 e. The summed E-state index contributed by atoms with van der Waals surface area (Å²) < 4.78 is 0. The first kappa shape index (κ1) is 6.44. The number of hydrogen-bond donors (Lipinski definition) is 2. The maximum atomic E-state index is 3.21. The standard InChI is InChI=1S/C7H12N2/c1-2-4-6-9-7-8-5-3-1/h8-9H,1-3,5,7H2. The molecular formula is C7H12N2. The topological polar surface area (TPSA) is 24.1 Å². The first-order valence-corrected chi connectivity index (χ1v) is 3.41. The maximum Gasteiger partial charge on any atom is 0.0729 e. The van der Waals surface area contributed by atoms with Crippen molar-refractivity contribution < 1.29 is 0 Å². The Morgan fingerprint density at radius 1 is 1.22 bits per heavy atom. The molecule has 9 heavy (non-hydrogen) atoms. The van der Waals surface area contributed by atoms with Gasteiger partial charge >= 0.3 is 0 Å². The molecular weight excluding hydrogens is 112 g/mol. The molecule has 0 unspecified atom stereocenters. The quantitative estimate of drug-likeness (QED) is 0.453. The lowest BCUT2D eigenvalue weighted by atomic mass is 10.2. The lowest BCUT2D eigenvalue weighted by Crippen LogP contribution is -2.25. The summed E-state index contributed by atoms with van der Waals surface area (Å²) in [5.74, 6) is 3.03. The Morgan fingerprint density at radius 3 is 3.22 bits per heavy atom. The third kappa shape index (κ3) is 2.99. The maximum absolute atomic E-state index is 3.21. The zero-order valence-electron chi connectivity index (χ0n) is 5.54. The fourth-order valence-corrected chi connectivity index (χ4v) is 0.783. The van der Waals surface area contributed by atoms with Gasteiger partial charge in [-0.2, -0.15) is 0 Å². The highest BCUT2D eigenvalue weighted by molar-refractivity contribution is 4.96. The molecule has 1 heterocycles. The fraction of sp³-hybridized carbons (Fsp3) is 0.714. The summed E-state index contributed by atoms with van der Waals surface area (Å²) in [6, 6.07) is 2.86. The van der Waals surface area contributed by atoms with E-state index in [1.54, 1.807) is 0 Å². The number of hydrogen-bond acceptors (Lipinski definition) is 2. The molecule has 0 fully saturated rings. The minimum atomic E-state index is 0.826. The van der Waals surface area contributed by atoms with Crippen LogP contribution in [0.1, 0.15) is 19.3 Å². The molecule has 1 aliphatic heterocycles. The Morgan fingerprint density at radius 2 is 2.22 bits per heavy atom. The minimum Gasteiger partial charge on any atom is -0.333 e. The van der Waals surface area contributed by atoms with E-state index in [0.717, 1.165) is 19.6 Å². The Kier molecular flexibility index (Phi) is 3.02. The second kappa shape index (κ2) is 4.22. The summed E-state index contributed by atoms with van der Waals surface area (Å²) in [6.45, 7) is 1.93. The molecule has 0 amide bonds. The van der Waals surface area contributed by atoms with Crippen molar-refractivity contribution in [3.05, 3.63) is 0 Å². The third-order valence-electron chi connectivity index (χ3n) is 1.30. The second-order valence-electron chi connectivity index (χ2n) is 2.11. The van der Waals surface area contributed by atoms with Gasteiger partial charge in [-0.1, -0.05) is 5.92 Å². The Balaban J connectivity index is 2.19. The van der Waals surface area contributed by atoms with Gasteiger partial charge in [0.1, 0.15) is 0 Å². The molecule has 0 aromatic heterocycles. The van der Waals surface area contributed by atoms with Gasteiger partial charge in [-0.25, -0.2) is 0 Å². The van der Waals surface area contributed by atoms with Crippen LogP contribution in [-0.2, 0) is 0 Å². The van der Waals surface area contributed by atoms with Crippen molar-refractivity contribution in [3.8, 4) is 12.0 Å².